The molecule has 0 radical (unpaired) electrons. The van der Waals surface area contributed by atoms with E-state index in [0.29, 0.717) is 44.8 Å². The number of carbonyl (C=O) groups excluding carboxylic acids is 1. The fourth-order valence-corrected chi connectivity index (χ4v) is 4.34. The minimum absolute atomic E-state index is 0.0166. The third kappa shape index (κ3) is 4.08. The predicted octanol–water partition coefficient (Wildman–Crippen LogP) is 1.75. The van der Waals surface area contributed by atoms with Crippen LogP contribution in [0.2, 0.25) is 0 Å². The minimum atomic E-state index is -3.56. The van der Waals surface area contributed by atoms with Crippen LogP contribution in [0.4, 0.5) is 0 Å². The Labute approximate surface area is 153 Å². The highest BCUT2D eigenvalue weighted by atomic mass is 32.2. The molecule has 2 aromatic rings. The SMILES string of the molecule is COc1ccc(S(=O)(=O)N2CCN(C(=O)CCc3ccco3)CC2)cc1. The maximum Gasteiger partial charge on any atom is 0.243 e. The molecular formula is C18H22N2O5S. The van der Waals surface area contributed by atoms with Crippen molar-refractivity contribution in [3.8, 4) is 5.75 Å². The van der Waals surface area contributed by atoms with E-state index in [4.69, 9.17) is 9.15 Å². The van der Waals surface area contributed by atoms with Crippen LogP contribution < -0.4 is 4.74 Å². The molecule has 0 bridgehead atoms. The molecule has 26 heavy (non-hydrogen) atoms. The van der Waals surface area contributed by atoms with Crippen LogP contribution in [0.1, 0.15) is 12.2 Å². The molecule has 7 nitrogen and oxygen atoms in total. The molecule has 0 N–H and O–H groups in total. The number of sulfonamides is 1. The average molecular weight is 378 g/mol. The Morgan fingerprint density at radius 2 is 1.81 bits per heavy atom. The molecule has 1 aromatic heterocycles. The molecule has 140 valence electrons. The van der Waals surface area contributed by atoms with E-state index in [1.54, 1.807) is 29.4 Å². The number of aryl methyl sites for hydroxylation is 1. The zero-order chi connectivity index (χ0) is 18.6. The fraction of sp³-hybridized carbons (Fsp3) is 0.389. The normalized spacial score (nSPS) is 15.8. The maximum absolute atomic E-state index is 12.7. The lowest BCUT2D eigenvalue weighted by molar-refractivity contribution is -0.132. The highest BCUT2D eigenvalue weighted by molar-refractivity contribution is 7.89. The van der Waals surface area contributed by atoms with Gasteiger partial charge in [-0.25, -0.2) is 8.42 Å². The van der Waals surface area contributed by atoms with Gasteiger partial charge < -0.3 is 14.1 Å². The van der Waals surface area contributed by atoms with Crippen molar-refractivity contribution in [2.45, 2.75) is 17.7 Å². The quantitative estimate of drug-likeness (QED) is 0.765. The average Bonchev–Trinajstić information content (AvgIpc) is 3.20. The molecule has 1 saturated heterocycles. The van der Waals surface area contributed by atoms with E-state index in [-0.39, 0.29) is 10.8 Å². The first-order valence-electron chi connectivity index (χ1n) is 8.45. The maximum atomic E-state index is 12.7. The van der Waals surface area contributed by atoms with E-state index >= 15 is 0 Å². The fourth-order valence-electron chi connectivity index (χ4n) is 2.92. The number of carbonyl (C=O) groups is 1. The van der Waals surface area contributed by atoms with Crippen molar-refractivity contribution < 1.29 is 22.4 Å². The van der Waals surface area contributed by atoms with Gasteiger partial charge in [0.25, 0.3) is 0 Å². The largest absolute Gasteiger partial charge is 0.497 e. The van der Waals surface area contributed by atoms with E-state index in [1.165, 1.54) is 23.5 Å². The molecule has 8 heteroatoms. The standard InChI is InChI=1S/C18H22N2O5S/c1-24-15-4-7-17(8-5-15)26(22,23)20-12-10-19(11-13-20)18(21)9-6-16-3-2-14-25-16/h2-5,7-8,14H,6,9-13H2,1H3. The lowest BCUT2D eigenvalue weighted by Gasteiger charge is -2.34. The van der Waals surface area contributed by atoms with Crippen molar-refractivity contribution in [3.63, 3.8) is 0 Å². The third-order valence-electron chi connectivity index (χ3n) is 4.45. The van der Waals surface area contributed by atoms with Gasteiger partial charge in [-0.3, -0.25) is 4.79 Å². The lowest BCUT2D eigenvalue weighted by Crippen LogP contribution is -2.50. The summed E-state index contributed by atoms with van der Waals surface area (Å²) in [6.07, 6.45) is 2.50. The molecule has 1 fully saturated rings. The molecule has 2 heterocycles. The highest BCUT2D eigenvalue weighted by Gasteiger charge is 2.30. The lowest BCUT2D eigenvalue weighted by atomic mass is 10.2. The molecule has 0 unspecified atom stereocenters. The second-order valence-electron chi connectivity index (χ2n) is 6.04. The second-order valence-corrected chi connectivity index (χ2v) is 7.98. The first-order valence-corrected chi connectivity index (χ1v) is 9.89. The van der Waals surface area contributed by atoms with E-state index in [1.807, 2.05) is 6.07 Å². The summed E-state index contributed by atoms with van der Waals surface area (Å²) in [5.74, 6) is 1.40. The van der Waals surface area contributed by atoms with Gasteiger partial charge in [0.1, 0.15) is 11.5 Å². The summed E-state index contributed by atoms with van der Waals surface area (Å²) in [6.45, 7) is 1.38. The van der Waals surface area contributed by atoms with Crippen molar-refractivity contribution in [1.29, 1.82) is 0 Å². The molecule has 0 atom stereocenters. The van der Waals surface area contributed by atoms with Crippen LogP contribution in [0.15, 0.2) is 52.0 Å². The number of amides is 1. The van der Waals surface area contributed by atoms with Gasteiger partial charge in [0, 0.05) is 39.0 Å². The second kappa shape index (κ2) is 7.92. The van der Waals surface area contributed by atoms with E-state index < -0.39 is 10.0 Å². The summed E-state index contributed by atoms with van der Waals surface area (Å²) in [4.78, 5) is 14.2. The third-order valence-corrected chi connectivity index (χ3v) is 6.37. The summed E-state index contributed by atoms with van der Waals surface area (Å²) in [5, 5.41) is 0. The molecule has 0 saturated carbocycles. The van der Waals surface area contributed by atoms with Crippen molar-refractivity contribution in [1.82, 2.24) is 9.21 Å². The number of benzene rings is 1. The number of rotatable bonds is 6. The summed E-state index contributed by atoms with van der Waals surface area (Å²) in [6, 6.07) is 9.96. The van der Waals surface area contributed by atoms with Gasteiger partial charge in [-0.2, -0.15) is 4.31 Å². The molecular weight excluding hydrogens is 356 g/mol. The van der Waals surface area contributed by atoms with E-state index in [2.05, 4.69) is 0 Å². The molecule has 1 aliphatic rings. The summed E-state index contributed by atoms with van der Waals surface area (Å²) in [5.41, 5.74) is 0. The van der Waals surface area contributed by atoms with Crippen molar-refractivity contribution in [2.24, 2.45) is 0 Å². The number of furan rings is 1. The summed E-state index contributed by atoms with van der Waals surface area (Å²) < 4.78 is 37.1. The highest BCUT2D eigenvalue weighted by Crippen LogP contribution is 2.21. The Morgan fingerprint density at radius 1 is 1.12 bits per heavy atom. The summed E-state index contributed by atoms with van der Waals surface area (Å²) >= 11 is 0. The van der Waals surface area contributed by atoms with Crippen molar-refractivity contribution in [2.75, 3.05) is 33.3 Å². The molecule has 1 aromatic carbocycles. The number of hydrogen-bond donors (Lipinski definition) is 0. The van der Waals surface area contributed by atoms with Crippen LogP contribution in [0.5, 0.6) is 5.75 Å². The predicted molar refractivity (Wildman–Crippen MR) is 95.4 cm³/mol. The van der Waals surface area contributed by atoms with Crippen LogP contribution in [0, 0.1) is 0 Å². The van der Waals surface area contributed by atoms with Gasteiger partial charge in [0.05, 0.1) is 18.3 Å². The van der Waals surface area contributed by atoms with Gasteiger partial charge in [0.2, 0.25) is 15.9 Å². The molecule has 0 spiro atoms. The molecule has 1 aliphatic heterocycles. The Balaban J connectivity index is 1.55. The van der Waals surface area contributed by atoms with Crippen LogP contribution in [0.3, 0.4) is 0 Å². The first-order chi connectivity index (χ1) is 12.5. The number of nitrogens with zero attached hydrogens (tertiary/aromatic N) is 2. The monoisotopic (exact) mass is 378 g/mol. The minimum Gasteiger partial charge on any atom is -0.497 e. The number of methoxy groups -OCH3 is 1. The van der Waals surface area contributed by atoms with E-state index in [0.717, 1.165) is 5.76 Å². The van der Waals surface area contributed by atoms with Gasteiger partial charge in [0.15, 0.2) is 0 Å². The van der Waals surface area contributed by atoms with Gasteiger partial charge in [-0.15, -0.1) is 0 Å². The number of piperazine rings is 1. The molecule has 0 aliphatic carbocycles. The van der Waals surface area contributed by atoms with Crippen LogP contribution in [-0.4, -0.2) is 56.8 Å². The van der Waals surface area contributed by atoms with Crippen LogP contribution >= 0.6 is 0 Å². The van der Waals surface area contributed by atoms with Crippen LogP contribution in [-0.2, 0) is 21.2 Å². The molecule has 3 rings (SSSR count). The zero-order valence-electron chi connectivity index (χ0n) is 14.6. The topological polar surface area (TPSA) is 80.1 Å². The Morgan fingerprint density at radius 3 is 2.38 bits per heavy atom. The van der Waals surface area contributed by atoms with Gasteiger partial charge in [-0.1, -0.05) is 0 Å². The molecule has 1 amide bonds. The zero-order valence-corrected chi connectivity index (χ0v) is 15.4. The van der Waals surface area contributed by atoms with Crippen LogP contribution in [0.25, 0.3) is 0 Å². The Bertz CT molecular complexity index is 823. The number of hydrogen-bond acceptors (Lipinski definition) is 5. The van der Waals surface area contributed by atoms with E-state index in [9.17, 15) is 13.2 Å². The Hall–Kier alpha value is -2.32. The first kappa shape index (κ1) is 18.5. The smallest absolute Gasteiger partial charge is 0.243 e. The van der Waals surface area contributed by atoms with Gasteiger partial charge in [-0.05, 0) is 36.4 Å². The summed E-state index contributed by atoms with van der Waals surface area (Å²) in [7, 11) is -2.03. The van der Waals surface area contributed by atoms with Gasteiger partial charge >= 0.3 is 0 Å². The number of ether oxygens (including phenoxy) is 1. The van der Waals surface area contributed by atoms with Crippen molar-refractivity contribution >= 4 is 15.9 Å². The Kier molecular flexibility index (Phi) is 5.63. The van der Waals surface area contributed by atoms with Crippen molar-refractivity contribution in [3.05, 3.63) is 48.4 Å².